The summed E-state index contributed by atoms with van der Waals surface area (Å²) in [5.74, 6) is 0.0450. The Kier molecular flexibility index (Phi) is 4.22. The van der Waals surface area contributed by atoms with Crippen LogP contribution in [0.25, 0.3) is 10.9 Å². The first-order valence-corrected chi connectivity index (χ1v) is 6.54. The third-order valence-electron chi connectivity index (χ3n) is 3.34. The molecular formula is C15H20N2O2. The molecule has 1 amide bonds. The Morgan fingerprint density at radius 1 is 1.42 bits per heavy atom. The number of benzene rings is 1. The lowest BCUT2D eigenvalue weighted by Crippen LogP contribution is -2.40. The molecule has 1 N–H and O–H groups in total. The molecule has 0 fully saturated rings. The number of amides is 1. The second-order valence-corrected chi connectivity index (χ2v) is 4.68. The van der Waals surface area contributed by atoms with Crippen molar-refractivity contribution in [3.63, 3.8) is 0 Å². The summed E-state index contributed by atoms with van der Waals surface area (Å²) < 4.78 is 5.13. The molecule has 0 saturated heterocycles. The van der Waals surface area contributed by atoms with Crippen molar-refractivity contribution in [1.82, 2.24) is 9.88 Å². The van der Waals surface area contributed by atoms with Gasteiger partial charge in [0.05, 0.1) is 12.6 Å². The molecule has 4 heteroatoms. The largest absolute Gasteiger partial charge is 0.383 e. The monoisotopic (exact) mass is 260 g/mol. The zero-order valence-corrected chi connectivity index (χ0v) is 11.6. The molecule has 0 saturated carbocycles. The maximum Gasteiger partial charge on any atom is 0.254 e. The van der Waals surface area contributed by atoms with E-state index in [9.17, 15) is 4.79 Å². The Balaban J connectivity index is 2.25. The van der Waals surface area contributed by atoms with Crippen LogP contribution in [0.4, 0.5) is 0 Å². The second kappa shape index (κ2) is 5.89. The average molecular weight is 260 g/mol. The number of rotatable bonds is 5. The fourth-order valence-corrected chi connectivity index (χ4v) is 2.33. The molecule has 0 aliphatic rings. The number of fused-ring (bicyclic) bond motifs is 1. The van der Waals surface area contributed by atoms with Gasteiger partial charge in [-0.3, -0.25) is 4.79 Å². The van der Waals surface area contributed by atoms with E-state index in [0.29, 0.717) is 18.7 Å². The number of hydrogen-bond acceptors (Lipinski definition) is 2. The van der Waals surface area contributed by atoms with Gasteiger partial charge in [0.25, 0.3) is 5.91 Å². The molecule has 1 aromatic carbocycles. The van der Waals surface area contributed by atoms with Crippen LogP contribution in [0.3, 0.4) is 0 Å². The lowest BCUT2D eigenvalue weighted by molar-refractivity contribution is 0.0579. The van der Waals surface area contributed by atoms with E-state index in [4.69, 9.17) is 4.74 Å². The SMILES string of the molecule is CCN(C(=O)c1ccc2cc[nH]c2c1)C(C)COC. The number of nitrogens with one attached hydrogen (secondary N) is 1. The molecule has 19 heavy (non-hydrogen) atoms. The van der Waals surface area contributed by atoms with Gasteiger partial charge >= 0.3 is 0 Å². The number of carbonyl (C=O) groups excluding carboxylic acids is 1. The number of carbonyl (C=O) groups is 1. The molecule has 0 bridgehead atoms. The van der Waals surface area contributed by atoms with Crippen LogP contribution in [-0.4, -0.2) is 42.1 Å². The number of ether oxygens (including phenoxy) is 1. The van der Waals surface area contributed by atoms with E-state index >= 15 is 0 Å². The summed E-state index contributed by atoms with van der Waals surface area (Å²) in [6.07, 6.45) is 1.88. The van der Waals surface area contributed by atoms with Crippen LogP contribution in [0, 0.1) is 0 Å². The van der Waals surface area contributed by atoms with Crippen LogP contribution in [0.2, 0.25) is 0 Å². The Bertz CT molecular complexity index is 562. The first-order chi connectivity index (χ1) is 9.17. The van der Waals surface area contributed by atoms with Crippen molar-refractivity contribution in [3.05, 3.63) is 36.0 Å². The summed E-state index contributed by atoms with van der Waals surface area (Å²) in [5, 5.41) is 1.12. The Labute approximate surface area is 113 Å². The molecule has 1 aromatic heterocycles. The molecule has 2 aromatic rings. The topological polar surface area (TPSA) is 45.3 Å². The zero-order chi connectivity index (χ0) is 13.8. The fourth-order valence-electron chi connectivity index (χ4n) is 2.33. The van der Waals surface area contributed by atoms with Crippen LogP contribution >= 0.6 is 0 Å². The summed E-state index contributed by atoms with van der Waals surface area (Å²) in [7, 11) is 1.65. The summed E-state index contributed by atoms with van der Waals surface area (Å²) in [6, 6.07) is 7.81. The van der Waals surface area contributed by atoms with Crippen LogP contribution in [0.5, 0.6) is 0 Å². The molecule has 102 valence electrons. The summed E-state index contributed by atoms with van der Waals surface area (Å²) >= 11 is 0. The summed E-state index contributed by atoms with van der Waals surface area (Å²) in [5.41, 5.74) is 1.70. The molecule has 4 nitrogen and oxygen atoms in total. The average Bonchev–Trinajstić information content (AvgIpc) is 2.86. The highest BCUT2D eigenvalue weighted by atomic mass is 16.5. The van der Waals surface area contributed by atoms with E-state index < -0.39 is 0 Å². The van der Waals surface area contributed by atoms with E-state index in [1.54, 1.807) is 7.11 Å². The molecule has 1 heterocycles. The van der Waals surface area contributed by atoms with Crippen LogP contribution in [0.1, 0.15) is 24.2 Å². The molecule has 2 rings (SSSR count). The normalized spacial score (nSPS) is 12.6. The molecule has 1 unspecified atom stereocenters. The van der Waals surface area contributed by atoms with Crippen molar-refractivity contribution in [1.29, 1.82) is 0 Å². The highest BCUT2D eigenvalue weighted by Crippen LogP contribution is 2.16. The van der Waals surface area contributed by atoms with Gasteiger partial charge in [-0.05, 0) is 37.4 Å². The first kappa shape index (κ1) is 13.6. The first-order valence-electron chi connectivity index (χ1n) is 6.54. The predicted octanol–water partition coefficient (Wildman–Crippen LogP) is 2.66. The fraction of sp³-hybridized carbons (Fsp3) is 0.400. The van der Waals surface area contributed by atoms with Gasteiger partial charge in [0.15, 0.2) is 0 Å². The number of likely N-dealkylation sites (N-methyl/N-ethyl adjacent to an activating group) is 1. The summed E-state index contributed by atoms with van der Waals surface area (Å²) in [4.78, 5) is 17.5. The third kappa shape index (κ3) is 2.79. The number of H-pyrrole nitrogens is 1. The van der Waals surface area contributed by atoms with Crippen molar-refractivity contribution < 1.29 is 9.53 Å². The van der Waals surface area contributed by atoms with E-state index in [2.05, 4.69) is 4.98 Å². The number of hydrogen-bond donors (Lipinski definition) is 1. The molecule has 0 spiro atoms. The van der Waals surface area contributed by atoms with Gasteiger partial charge in [-0.2, -0.15) is 0 Å². The maximum atomic E-state index is 12.5. The van der Waals surface area contributed by atoms with Crippen molar-refractivity contribution in [3.8, 4) is 0 Å². The quantitative estimate of drug-likeness (QED) is 0.898. The molecule has 0 radical (unpaired) electrons. The lowest BCUT2D eigenvalue weighted by Gasteiger charge is -2.27. The summed E-state index contributed by atoms with van der Waals surface area (Å²) in [6.45, 7) is 5.20. The molecule has 1 atom stereocenters. The minimum Gasteiger partial charge on any atom is -0.383 e. The Hall–Kier alpha value is -1.81. The van der Waals surface area contributed by atoms with Gasteiger partial charge in [0, 0.05) is 30.9 Å². The highest BCUT2D eigenvalue weighted by molar-refractivity contribution is 5.98. The molecular weight excluding hydrogens is 240 g/mol. The number of aromatic amines is 1. The smallest absolute Gasteiger partial charge is 0.254 e. The van der Waals surface area contributed by atoms with Crippen LogP contribution in [0.15, 0.2) is 30.5 Å². The number of aromatic nitrogens is 1. The predicted molar refractivity (Wildman–Crippen MR) is 76.3 cm³/mol. The van der Waals surface area contributed by atoms with Gasteiger partial charge in [-0.15, -0.1) is 0 Å². The van der Waals surface area contributed by atoms with Crippen molar-refractivity contribution in [2.45, 2.75) is 19.9 Å². The Morgan fingerprint density at radius 2 is 2.21 bits per heavy atom. The maximum absolute atomic E-state index is 12.5. The van der Waals surface area contributed by atoms with Gasteiger partial charge in [-0.25, -0.2) is 0 Å². The number of nitrogens with zero attached hydrogens (tertiary/aromatic N) is 1. The van der Waals surface area contributed by atoms with Gasteiger partial charge in [0.2, 0.25) is 0 Å². The standard InChI is InChI=1S/C15H20N2O2/c1-4-17(11(2)10-19-3)15(18)13-6-5-12-7-8-16-14(12)9-13/h5-9,11,16H,4,10H2,1-3H3. The minimum atomic E-state index is 0.0450. The number of methoxy groups -OCH3 is 1. The second-order valence-electron chi connectivity index (χ2n) is 4.68. The lowest BCUT2D eigenvalue weighted by atomic mass is 10.1. The van der Waals surface area contributed by atoms with Crippen LogP contribution < -0.4 is 0 Å². The minimum absolute atomic E-state index is 0.0450. The van der Waals surface area contributed by atoms with E-state index in [1.807, 2.05) is 49.2 Å². The van der Waals surface area contributed by atoms with Crippen molar-refractivity contribution >= 4 is 16.8 Å². The highest BCUT2D eigenvalue weighted by Gasteiger charge is 2.20. The van der Waals surface area contributed by atoms with E-state index in [1.165, 1.54) is 0 Å². The zero-order valence-electron chi connectivity index (χ0n) is 11.6. The van der Waals surface area contributed by atoms with Gasteiger partial charge in [-0.1, -0.05) is 6.07 Å². The van der Waals surface area contributed by atoms with Crippen molar-refractivity contribution in [2.75, 3.05) is 20.3 Å². The molecule has 0 aliphatic heterocycles. The Morgan fingerprint density at radius 3 is 2.89 bits per heavy atom. The van der Waals surface area contributed by atoms with E-state index in [-0.39, 0.29) is 11.9 Å². The van der Waals surface area contributed by atoms with E-state index in [0.717, 1.165) is 10.9 Å². The van der Waals surface area contributed by atoms with Crippen LogP contribution in [-0.2, 0) is 4.74 Å². The third-order valence-corrected chi connectivity index (χ3v) is 3.34. The molecule has 0 aliphatic carbocycles. The van der Waals surface area contributed by atoms with Gasteiger partial charge < -0.3 is 14.6 Å². The van der Waals surface area contributed by atoms with Crippen molar-refractivity contribution in [2.24, 2.45) is 0 Å². The van der Waals surface area contributed by atoms with Gasteiger partial charge in [0.1, 0.15) is 0 Å².